The van der Waals surface area contributed by atoms with E-state index in [0.29, 0.717) is 11.4 Å². The molecule has 2 aromatic carbocycles. The standard InChI is InChI=1S/C17H16N2O4/c1-12(20)18-15-9-5-6-13(10-15)17(22)23-11-16(21)19-14-7-3-2-4-8-14/h2-10H,11H2,1H3,(H,18,20)(H,19,21). The zero-order valence-corrected chi connectivity index (χ0v) is 12.5. The number of esters is 1. The third kappa shape index (κ3) is 5.28. The number of rotatable bonds is 5. The quantitative estimate of drug-likeness (QED) is 0.831. The summed E-state index contributed by atoms with van der Waals surface area (Å²) >= 11 is 0. The van der Waals surface area contributed by atoms with Crippen molar-refractivity contribution in [3.05, 3.63) is 60.2 Å². The highest BCUT2D eigenvalue weighted by atomic mass is 16.5. The second kappa shape index (κ2) is 7.74. The Morgan fingerprint density at radius 3 is 2.30 bits per heavy atom. The molecule has 2 rings (SSSR count). The molecule has 2 amide bonds. The Hall–Kier alpha value is -3.15. The molecule has 0 aliphatic carbocycles. The number of hydrogen-bond acceptors (Lipinski definition) is 4. The smallest absolute Gasteiger partial charge is 0.338 e. The van der Waals surface area contributed by atoms with E-state index in [1.54, 1.807) is 42.5 Å². The van der Waals surface area contributed by atoms with Gasteiger partial charge in [0.25, 0.3) is 5.91 Å². The second-order valence-electron chi connectivity index (χ2n) is 4.75. The number of benzene rings is 2. The van der Waals surface area contributed by atoms with Gasteiger partial charge in [0.15, 0.2) is 6.61 Å². The minimum absolute atomic E-state index is 0.238. The predicted molar refractivity (Wildman–Crippen MR) is 86.1 cm³/mol. The van der Waals surface area contributed by atoms with E-state index in [1.165, 1.54) is 13.0 Å². The number of para-hydroxylation sites is 1. The van der Waals surface area contributed by atoms with Crippen molar-refractivity contribution < 1.29 is 19.1 Å². The first kappa shape index (κ1) is 16.2. The van der Waals surface area contributed by atoms with Crippen LogP contribution in [0.3, 0.4) is 0 Å². The molecule has 0 heterocycles. The molecule has 6 heteroatoms. The monoisotopic (exact) mass is 312 g/mol. The van der Waals surface area contributed by atoms with Crippen LogP contribution in [0.1, 0.15) is 17.3 Å². The molecule has 0 fully saturated rings. The lowest BCUT2D eigenvalue weighted by Gasteiger charge is -2.08. The van der Waals surface area contributed by atoms with Crippen molar-refractivity contribution in [1.29, 1.82) is 0 Å². The first-order chi connectivity index (χ1) is 11.0. The number of nitrogens with one attached hydrogen (secondary N) is 2. The lowest BCUT2D eigenvalue weighted by atomic mass is 10.2. The molecule has 0 unspecified atom stereocenters. The van der Waals surface area contributed by atoms with Crippen molar-refractivity contribution >= 4 is 29.2 Å². The van der Waals surface area contributed by atoms with Gasteiger partial charge in [-0.1, -0.05) is 24.3 Å². The fraction of sp³-hybridized carbons (Fsp3) is 0.118. The summed E-state index contributed by atoms with van der Waals surface area (Å²) in [6.07, 6.45) is 0. The van der Waals surface area contributed by atoms with Crippen molar-refractivity contribution in [2.24, 2.45) is 0 Å². The molecule has 0 aromatic heterocycles. The summed E-state index contributed by atoms with van der Waals surface area (Å²) < 4.78 is 4.96. The zero-order chi connectivity index (χ0) is 16.7. The molecular weight excluding hydrogens is 296 g/mol. The van der Waals surface area contributed by atoms with Gasteiger partial charge in [-0.15, -0.1) is 0 Å². The van der Waals surface area contributed by atoms with Crippen LogP contribution >= 0.6 is 0 Å². The van der Waals surface area contributed by atoms with E-state index in [4.69, 9.17) is 4.74 Å². The molecule has 0 saturated carbocycles. The van der Waals surface area contributed by atoms with Crippen LogP contribution in [0.15, 0.2) is 54.6 Å². The highest BCUT2D eigenvalue weighted by Gasteiger charge is 2.11. The minimum Gasteiger partial charge on any atom is -0.452 e. The molecule has 118 valence electrons. The molecule has 0 saturated heterocycles. The van der Waals surface area contributed by atoms with Crippen LogP contribution in [0.5, 0.6) is 0 Å². The molecule has 6 nitrogen and oxygen atoms in total. The first-order valence-electron chi connectivity index (χ1n) is 6.94. The van der Waals surface area contributed by atoms with Crippen LogP contribution in [0.25, 0.3) is 0 Å². The summed E-state index contributed by atoms with van der Waals surface area (Å²) in [6.45, 7) is 0.983. The van der Waals surface area contributed by atoms with Crippen LogP contribution in [0.2, 0.25) is 0 Å². The molecule has 23 heavy (non-hydrogen) atoms. The summed E-state index contributed by atoms with van der Waals surface area (Å²) in [5.74, 6) is -1.30. The van der Waals surface area contributed by atoms with Crippen molar-refractivity contribution in [3.8, 4) is 0 Å². The van der Waals surface area contributed by atoms with E-state index in [0.717, 1.165) is 0 Å². The molecule has 0 radical (unpaired) electrons. The average molecular weight is 312 g/mol. The Kier molecular flexibility index (Phi) is 5.46. The topological polar surface area (TPSA) is 84.5 Å². The fourth-order valence-electron chi connectivity index (χ4n) is 1.86. The van der Waals surface area contributed by atoms with Gasteiger partial charge in [0.05, 0.1) is 5.56 Å². The zero-order valence-electron chi connectivity index (χ0n) is 12.5. The molecular formula is C17H16N2O4. The van der Waals surface area contributed by atoms with E-state index in [9.17, 15) is 14.4 Å². The van der Waals surface area contributed by atoms with Gasteiger partial charge in [-0.2, -0.15) is 0 Å². The first-order valence-corrected chi connectivity index (χ1v) is 6.94. The van der Waals surface area contributed by atoms with E-state index >= 15 is 0 Å². The number of carbonyl (C=O) groups excluding carboxylic acids is 3. The normalized spacial score (nSPS) is 9.78. The van der Waals surface area contributed by atoms with Crippen LogP contribution in [-0.2, 0) is 14.3 Å². The van der Waals surface area contributed by atoms with Crippen molar-refractivity contribution in [2.45, 2.75) is 6.92 Å². The van der Waals surface area contributed by atoms with Crippen LogP contribution < -0.4 is 10.6 Å². The molecule has 0 atom stereocenters. The maximum absolute atomic E-state index is 11.9. The average Bonchev–Trinajstić information content (AvgIpc) is 2.53. The van der Waals surface area contributed by atoms with Gasteiger partial charge in [-0.25, -0.2) is 4.79 Å². The molecule has 0 aliphatic heterocycles. The van der Waals surface area contributed by atoms with Crippen molar-refractivity contribution in [2.75, 3.05) is 17.2 Å². The number of carbonyl (C=O) groups is 3. The third-order valence-electron chi connectivity index (χ3n) is 2.81. The van der Waals surface area contributed by atoms with E-state index in [1.807, 2.05) is 6.07 Å². The van der Waals surface area contributed by atoms with Gasteiger partial charge >= 0.3 is 5.97 Å². The summed E-state index contributed by atoms with van der Waals surface area (Å²) in [5.41, 5.74) is 1.37. The van der Waals surface area contributed by atoms with Crippen LogP contribution in [0, 0.1) is 0 Å². The minimum atomic E-state index is -0.639. The Labute approximate surface area is 133 Å². The van der Waals surface area contributed by atoms with Gasteiger partial charge in [-0.3, -0.25) is 9.59 Å². The van der Waals surface area contributed by atoms with Gasteiger partial charge in [0.1, 0.15) is 0 Å². The summed E-state index contributed by atoms with van der Waals surface area (Å²) in [4.78, 5) is 34.6. The van der Waals surface area contributed by atoms with Crippen LogP contribution in [0.4, 0.5) is 11.4 Å². The second-order valence-corrected chi connectivity index (χ2v) is 4.75. The van der Waals surface area contributed by atoms with Crippen molar-refractivity contribution in [1.82, 2.24) is 0 Å². The molecule has 0 aliphatic rings. The maximum Gasteiger partial charge on any atom is 0.338 e. The number of amides is 2. The molecule has 0 bridgehead atoms. The lowest BCUT2D eigenvalue weighted by Crippen LogP contribution is -2.21. The maximum atomic E-state index is 11.9. The van der Waals surface area contributed by atoms with Gasteiger partial charge < -0.3 is 15.4 Å². The van der Waals surface area contributed by atoms with Gasteiger partial charge in [0.2, 0.25) is 5.91 Å². The number of anilines is 2. The Bertz CT molecular complexity index is 714. The highest BCUT2D eigenvalue weighted by molar-refractivity contribution is 5.96. The van der Waals surface area contributed by atoms with E-state index < -0.39 is 18.5 Å². The predicted octanol–water partition coefficient (Wildman–Crippen LogP) is 2.44. The van der Waals surface area contributed by atoms with Gasteiger partial charge in [-0.05, 0) is 30.3 Å². The Morgan fingerprint density at radius 1 is 0.913 bits per heavy atom. The highest BCUT2D eigenvalue weighted by Crippen LogP contribution is 2.12. The Morgan fingerprint density at radius 2 is 1.61 bits per heavy atom. The fourth-order valence-corrected chi connectivity index (χ4v) is 1.86. The van der Waals surface area contributed by atoms with Crippen LogP contribution in [-0.4, -0.2) is 24.4 Å². The number of hydrogen-bond donors (Lipinski definition) is 2. The SMILES string of the molecule is CC(=O)Nc1cccc(C(=O)OCC(=O)Nc2ccccc2)c1. The number of ether oxygens (including phenoxy) is 1. The molecule has 2 aromatic rings. The summed E-state index contributed by atoms with van der Waals surface area (Å²) in [6, 6.07) is 15.2. The largest absolute Gasteiger partial charge is 0.452 e. The third-order valence-corrected chi connectivity index (χ3v) is 2.81. The van der Waals surface area contributed by atoms with Gasteiger partial charge in [0, 0.05) is 18.3 Å². The van der Waals surface area contributed by atoms with E-state index in [-0.39, 0.29) is 11.5 Å². The summed E-state index contributed by atoms with van der Waals surface area (Å²) in [7, 11) is 0. The Balaban J connectivity index is 1.89. The molecule has 2 N–H and O–H groups in total. The lowest BCUT2D eigenvalue weighted by molar-refractivity contribution is -0.119. The van der Waals surface area contributed by atoms with E-state index in [2.05, 4.69) is 10.6 Å². The summed E-state index contributed by atoms with van der Waals surface area (Å²) in [5, 5.41) is 5.18. The molecule has 0 spiro atoms. The van der Waals surface area contributed by atoms with Crippen molar-refractivity contribution in [3.63, 3.8) is 0 Å².